The Hall–Kier alpha value is -0.870. The van der Waals surface area contributed by atoms with Crippen molar-refractivity contribution >= 4 is 0 Å². The van der Waals surface area contributed by atoms with Crippen LogP contribution in [0, 0.1) is 20.8 Å². The molecule has 0 aliphatic carbocycles. The predicted octanol–water partition coefficient (Wildman–Crippen LogP) is 2.21. The standard InChI is InChI=1S/C14H27N3O/c1-5-6-10-18-11-8-15-7-9-17-14(4)12(2)13(3)16-17/h15H,5-11H2,1-4H3. The number of hydrogen-bond acceptors (Lipinski definition) is 3. The lowest BCUT2D eigenvalue weighted by Crippen LogP contribution is -2.25. The lowest BCUT2D eigenvalue weighted by molar-refractivity contribution is 0.133. The molecule has 0 atom stereocenters. The quantitative estimate of drug-likeness (QED) is 0.686. The first kappa shape index (κ1) is 15.2. The maximum Gasteiger partial charge on any atom is 0.0625 e. The van der Waals surface area contributed by atoms with Crippen LogP contribution in [0.15, 0.2) is 0 Å². The van der Waals surface area contributed by atoms with E-state index in [9.17, 15) is 0 Å². The van der Waals surface area contributed by atoms with Gasteiger partial charge < -0.3 is 10.1 Å². The highest BCUT2D eigenvalue weighted by atomic mass is 16.5. The van der Waals surface area contributed by atoms with E-state index < -0.39 is 0 Å². The van der Waals surface area contributed by atoms with Crippen molar-refractivity contribution in [1.82, 2.24) is 15.1 Å². The lowest BCUT2D eigenvalue weighted by Gasteiger charge is -2.07. The normalized spacial score (nSPS) is 11.1. The first-order valence-electron chi connectivity index (χ1n) is 6.96. The second-order valence-electron chi connectivity index (χ2n) is 4.73. The number of aryl methyl sites for hydroxylation is 1. The van der Waals surface area contributed by atoms with E-state index in [-0.39, 0.29) is 0 Å². The highest BCUT2D eigenvalue weighted by Crippen LogP contribution is 2.09. The molecule has 0 bridgehead atoms. The molecule has 1 rings (SSSR count). The molecule has 1 aromatic rings. The second-order valence-corrected chi connectivity index (χ2v) is 4.73. The first-order valence-corrected chi connectivity index (χ1v) is 6.96. The number of rotatable bonds is 9. The van der Waals surface area contributed by atoms with Gasteiger partial charge in [-0.15, -0.1) is 0 Å². The van der Waals surface area contributed by atoms with Crippen molar-refractivity contribution in [3.63, 3.8) is 0 Å². The fourth-order valence-corrected chi connectivity index (χ4v) is 1.81. The SMILES string of the molecule is CCCCOCCNCCn1nc(C)c(C)c1C. The van der Waals surface area contributed by atoms with Gasteiger partial charge in [-0.3, -0.25) is 4.68 Å². The molecular formula is C14H27N3O. The zero-order chi connectivity index (χ0) is 13.4. The largest absolute Gasteiger partial charge is 0.380 e. The molecule has 0 spiro atoms. The van der Waals surface area contributed by atoms with E-state index in [1.165, 1.54) is 17.7 Å². The minimum absolute atomic E-state index is 0.802. The third-order valence-electron chi connectivity index (χ3n) is 3.31. The molecule has 1 aromatic heterocycles. The van der Waals surface area contributed by atoms with Gasteiger partial charge in [-0.25, -0.2) is 0 Å². The third-order valence-corrected chi connectivity index (χ3v) is 3.31. The van der Waals surface area contributed by atoms with Gasteiger partial charge in [0.2, 0.25) is 0 Å². The number of nitrogens with zero attached hydrogens (tertiary/aromatic N) is 2. The average molecular weight is 253 g/mol. The summed E-state index contributed by atoms with van der Waals surface area (Å²) >= 11 is 0. The fraction of sp³-hybridized carbons (Fsp3) is 0.786. The summed E-state index contributed by atoms with van der Waals surface area (Å²) in [6.45, 7) is 13.0. The maximum atomic E-state index is 5.49. The molecule has 0 unspecified atom stereocenters. The monoisotopic (exact) mass is 253 g/mol. The minimum atomic E-state index is 0.802. The molecule has 0 amide bonds. The summed E-state index contributed by atoms with van der Waals surface area (Å²) in [4.78, 5) is 0. The number of hydrogen-bond donors (Lipinski definition) is 1. The van der Waals surface area contributed by atoms with E-state index in [4.69, 9.17) is 4.74 Å². The van der Waals surface area contributed by atoms with E-state index in [1.807, 2.05) is 0 Å². The summed E-state index contributed by atoms with van der Waals surface area (Å²) in [5.74, 6) is 0. The molecule has 4 nitrogen and oxygen atoms in total. The Kier molecular flexibility index (Phi) is 6.98. The van der Waals surface area contributed by atoms with E-state index >= 15 is 0 Å². The topological polar surface area (TPSA) is 39.1 Å². The number of ether oxygens (including phenoxy) is 1. The van der Waals surface area contributed by atoms with Gasteiger partial charge in [0.15, 0.2) is 0 Å². The Balaban J connectivity index is 2.09. The molecular weight excluding hydrogens is 226 g/mol. The highest BCUT2D eigenvalue weighted by Gasteiger charge is 2.05. The summed E-state index contributed by atoms with van der Waals surface area (Å²) in [5, 5.41) is 7.89. The van der Waals surface area contributed by atoms with Crippen LogP contribution in [0.1, 0.15) is 36.7 Å². The maximum absolute atomic E-state index is 5.49. The summed E-state index contributed by atoms with van der Waals surface area (Å²) in [6, 6.07) is 0. The van der Waals surface area contributed by atoms with Crippen molar-refractivity contribution in [2.45, 2.75) is 47.1 Å². The van der Waals surface area contributed by atoms with Gasteiger partial charge in [0, 0.05) is 25.4 Å². The van der Waals surface area contributed by atoms with E-state index in [0.29, 0.717) is 0 Å². The summed E-state index contributed by atoms with van der Waals surface area (Å²) in [7, 11) is 0. The Labute approximate surface area is 111 Å². The average Bonchev–Trinajstić information content (AvgIpc) is 2.60. The smallest absolute Gasteiger partial charge is 0.0625 e. The van der Waals surface area contributed by atoms with Gasteiger partial charge in [0.1, 0.15) is 0 Å². The molecule has 1 N–H and O–H groups in total. The van der Waals surface area contributed by atoms with Crippen LogP contribution in [0.3, 0.4) is 0 Å². The predicted molar refractivity (Wildman–Crippen MR) is 75.0 cm³/mol. The molecule has 0 aromatic carbocycles. The van der Waals surface area contributed by atoms with Crippen molar-refractivity contribution in [3.8, 4) is 0 Å². The highest BCUT2D eigenvalue weighted by molar-refractivity contribution is 5.22. The molecule has 0 aliphatic rings. The van der Waals surface area contributed by atoms with Crippen LogP contribution in [0.25, 0.3) is 0 Å². The third kappa shape index (κ3) is 4.78. The Morgan fingerprint density at radius 3 is 2.56 bits per heavy atom. The van der Waals surface area contributed by atoms with E-state index in [2.05, 4.69) is 42.8 Å². The molecule has 18 heavy (non-hydrogen) atoms. The van der Waals surface area contributed by atoms with Gasteiger partial charge >= 0.3 is 0 Å². The van der Waals surface area contributed by atoms with Crippen LogP contribution in [-0.4, -0.2) is 36.1 Å². The molecule has 0 saturated carbocycles. The molecule has 0 saturated heterocycles. The summed E-state index contributed by atoms with van der Waals surface area (Å²) < 4.78 is 7.57. The van der Waals surface area contributed by atoms with Crippen LogP contribution in [0.4, 0.5) is 0 Å². The summed E-state index contributed by atoms with van der Waals surface area (Å²) in [5.41, 5.74) is 3.71. The van der Waals surface area contributed by atoms with Crippen molar-refractivity contribution in [1.29, 1.82) is 0 Å². The zero-order valence-corrected chi connectivity index (χ0v) is 12.3. The first-order chi connectivity index (χ1) is 8.66. The van der Waals surface area contributed by atoms with Gasteiger partial charge in [-0.2, -0.15) is 5.10 Å². The lowest BCUT2D eigenvalue weighted by atomic mass is 10.2. The van der Waals surface area contributed by atoms with Gasteiger partial charge in [0.25, 0.3) is 0 Å². The molecule has 1 heterocycles. The number of unbranched alkanes of at least 4 members (excludes halogenated alkanes) is 1. The summed E-state index contributed by atoms with van der Waals surface area (Å²) in [6.07, 6.45) is 2.36. The zero-order valence-electron chi connectivity index (χ0n) is 12.3. The Morgan fingerprint density at radius 2 is 1.94 bits per heavy atom. The van der Waals surface area contributed by atoms with Crippen LogP contribution in [-0.2, 0) is 11.3 Å². The molecule has 0 radical (unpaired) electrons. The van der Waals surface area contributed by atoms with Crippen LogP contribution in [0.5, 0.6) is 0 Å². The number of aromatic nitrogens is 2. The fourth-order valence-electron chi connectivity index (χ4n) is 1.81. The van der Waals surface area contributed by atoms with Crippen LogP contribution >= 0.6 is 0 Å². The molecule has 0 fully saturated rings. The van der Waals surface area contributed by atoms with Crippen molar-refractivity contribution < 1.29 is 4.74 Å². The van der Waals surface area contributed by atoms with Crippen molar-refractivity contribution in [2.24, 2.45) is 0 Å². The number of nitrogens with one attached hydrogen (secondary N) is 1. The van der Waals surface area contributed by atoms with Crippen LogP contribution < -0.4 is 5.32 Å². The van der Waals surface area contributed by atoms with Crippen molar-refractivity contribution in [3.05, 3.63) is 17.0 Å². The molecule has 104 valence electrons. The second kappa shape index (κ2) is 8.27. The van der Waals surface area contributed by atoms with E-state index in [1.54, 1.807) is 0 Å². The Morgan fingerprint density at radius 1 is 1.17 bits per heavy atom. The Bertz CT molecular complexity index is 347. The van der Waals surface area contributed by atoms with Crippen LogP contribution in [0.2, 0.25) is 0 Å². The van der Waals surface area contributed by atoms with Gasteiger partial charge in [-0.1, -0.05) is 13.3 Å². The van der Waals surface area contributed by atoms with Crippen molar-refractivity contribution in [2.75, 3.05) is 26.3 Å². The van der Waals surface area contributed by atoms with Gasteiger partial charge in [-0.05, 0) is 32.8 Å². The molecule has 0 aliphatic heterocycles. The van der Waals surface area contributed by atoms with E-state index in [0.717, 1.165) is 45.0 Å². The molecule has 4 heteroatoms. The van der Waals surface area contributed by atoms with Gasteiger partial charge in [0.05, 0.1) is 18.8 Å². The minimum Gasteiger partial charge on any atom is -0.380 e.